The molecule has 0 bridgehead atoms. The van der Waals surface area contributed by atoms with E-state index in [1.807, 2.05) is 0 Å². The highest BCUT2D eigenvalue weighted by molar-refractivity contribution is 5.98. The number of hydrogen-bond acceptors (Lipinski definition) is 2. The zero-order valence-corrected chi connectivity index (χ0v) is 6.42. The quantitative estimate of drug-likeness (QED) is 0.598. The van der Waals surface area contributed by atoms with E-state index in [9.17, 15) is 9.59 Å². The van der Waals surface area contributed by atoms with E-state index in [1.54, 1.807) is 6.92 Å². The van der Waals surface area contributed by atoms with Gasteiger partial charge < -0.3 is 10.2 Å². The Bertz CT molecular complexity index is 214. The summed E-state index contributed by atoms with van der Waals surface area (Å²) in [5.41, 5.74) is -0.141. The summed E-state index contributed by atoms with van der Waals surface area (Å²) >= 11 is 0. The SMILES string of the molecule is CCC(C(=O)O)=C(C)C(=O)O. The Morgan fingerprint density at radius 1 is 1.18 bits per heavy atom. The minimum Gasteiger partial charge on any atom is -0.478 e. The van der Waals surface area contributed by atoms with Crippen LogP contribution < -0.4 is 0 Å². The first-order valence-electron chi connectivity index (χ1n) is 3.17. The molecule has 0 aromatic heterocycles. The van der Waals surface area contributed by atoms with Crippen LogP contribution in [0.2, 0.25) is 0 Å². The number of carboxylic acids is 2. The van der Waals surface area contributed by atoms with Crippen molar-refractivity contribution >= 4 is 11.9 Å². The van der Waals surface area contributed by atoms with E-state index in [1.165, 1.54) is 6.92 Å². The molecule has 62 valence electrons. The Morgan fingerprint density at radius 2 is 1.64 bits per heavy atom. The van der Waals surface area contributed by atoms with Crippen molar-refractivity contribution in [1.29, 1.82) is 0 Å². The fraction of sp³-hybridized carbons (Fsp3) is 0.429. The predicted molar refractivity (Wildman–Crippen MR) is 38.3 cm³/mol. The molecule has 0 heterocycles. The molecule has 0 atom stereocenters. The van der Waals surface area contributed by atoms with Gasteiger partial charge in [0, 0.05) is 11.1 Å². The summed E-state index contributed by atoms with van der Waals surface area (Å²) in [5.74, 6) is -2.34. The molecular formula is C7H10O4. The van der Waals surface area contributed by atoms with Gasteiger partial charge in [0.25, 0.3) is 0 Å². The van der Waals surface area contributed by atoms with Gasteiger partial charge in [-0.3, -0.25) is 0 Å². The first-order valence-corrected chi connectivity index (χ1v) is 3.17. The maximum absolute atomic E-state index is 10.4. The second-order valence-electron chi connectivity index (χ2n) is 2.07. The van der Waals surface area contributed by atoms with E-state index in [0.29, 0.717) is 0 Å². The van der Waals surface area contributed by atoms with Crippen LogP contribution in [-0.4, -0.2) is 22.2 Å². The molecule has 0 aliphatic heterocycles. The van der Waals surface area contributed by atoms with Crippen LogP contribution in [-0.2, 0) is 9.59 Å². The van der Waals surface area contributed by atoms with Crippen molar-refractivity contribution in [3.63, 3.8) is 0 Å². The van der Waals surface area contributed by atoms with Crippen LogP contribution in [0.15, 0.2) is 11.1 Å². The second kappa shape index (κ2) is 3.75. The Kier molecular flexibility index (Phi) is 3.30. The lowest BCUT2D eigenvalue weighted by atomic mass is 10.1. The molecule has 0 rings (SSSR count). The number of aliphatic carboxylic acids is 2. The molecule has 11 heavy (non-hydrogen) atoms. The lowest BCUT2D eigenvalue weighted by Gasteiger charge is -1.99. The number of carbonyl (C=O) groups is 2. The molecule has 0 fully saturated rings. The predicted octanol–water partition coefficient (Wildman–Crippen LogP) is 0.882. The average molecular weight is 158 g/mol. The van der Waals surface area contributed by atoms with Gasteiger partial charge in [0.1, 0.15) is 0 Å². The normalized spacial score (nSPS) is 12.2. The van der Waals surface area contributed by atoms with E-state index in [-0.39, 0.29) is 17.6 Å². The number of rotatable bonds is 3. The molecule has 0 aromatic rings. The molecule has 0 spiro atoms. The van der Waals surface area contributed by atoms with Gasteiger partial charge in [-0.1, -0.05) is 6.92 Å². The lowest BCUT2D eigenvalue weighted by molar-refractivity contribution is -0.136. The van der Waals surface area contributed by atoms with Crippen LogP contribution in [0.3, 0.4) is 0 Å². The molecule has 4 heteroatoms. The largest absolute Gasteiger partial charge is 0.478 e. The Morgan fingerprint density at radius 3 is 1.73 bits per heavy atom. The number of hydrogen-bond donors (Lipinski definition) is 2. The molecule has 0 saturated carbocycles. The Labute approximate surface area is 64.2 Å². The second-order valence-corrected chi connectivity index (χ2v) is 2.07. The van der Waals surface area contributed by atoms with Gasteiger partial charge in [0.05, 0.1) is 0 Å². The van der Waals surface area contributed by atoms with Gasteiger partial charge in [-0.25, -0.2) is 9.59 Å². The summed E-state index contributed by atoms with van der Waals surface area (Å²) in [4.78, 5) is 20.6. The van der Waals surface area contributed by atoms with Crippen LogP contribution in [0, 0.1) is 0 Å². The first-order chi connectivity index (χ1) is 5.00. The average Bonchev–Trinajstić information content (AvgIpc) is 1.88. The van der Waals surface area contributed by atoms with E-state index < -0.39 is 11.9 Å². The molecule has 0 amide bonds. The zero-order chi connectivity index (χ0) is 9.02. The topological polar surface area (TPSA) is 74.6 Å². The highest BCUT2D eigenvalue weighted by Gasteiger charge is 2.13. The number of carboxylic acid groups (broad SMARTS) is 2. The third-order valence-corrected chi connectivity index (χ3v) is 1.39. The minimum absolute atomic E-state index is 0.0440. The third-order valence-electron chi connectivity index (χ3n) is 1.39. The zero-order valence-electron chi connectivity index (χ0n) is 6.42. The summed E-state index contributed by atoms with van der Waals surface area (Å²) in [6, 6.07) is 0. The molecular weight excluding hydrogens is 148 g/mol. The molecule has 0 saturated heterocycles. The lowest BCUT2D eigenvalue weighted by Crippen LogP contribution is -2.08. The van der Waals surface area contributed by atoms with E-state index >= 15 is 0 Å². The van der Waals surface area contributed by atoms with Crippen LogP contribution in [0.25, 0.3) is 0 Å². The Balaban J connectivity index is 4.83. The van der Waals surface area contributed by atoms with Crippen molar-refractivity contribution in [3.8, 4) is 0 Å². The van der Waals surface area contributed by atoms with Crippen LogP contribution in [0.5, 0.6) is 0 Å². The maximum atomic E-state index is 10.4. The van der Waals surface area contributed by atoms with Crippen molar-refractivity contribution < 1.29 is 19.8 Å². The molecule has 0 aliphatic rings. The van der Waals surface area contributed by atoms with Crippen molar-refractivity contribution in [2.75, 3.05) is 0 Å². The molecule has 0 aromatic carbocycles. The highest BCUT2D eigenvalue weighted by Crippen LogP contribution is 2.08. The van der Waals surface area contributed by atoms with E-state index in [2.05, 4.69) is 0 Å². The van der Waals surface area contributed by atoms with Crippen LogP contribution >= 0.6 is 0 Å². The standard InChI is InChI=1S/C7H10O4/c1-3-5(7(10)11)4(2)6(8)9/h3H2,1-2H3,(H,8,9)(H,10,11). The smallest absolute Gasteiger partial charge is 0.332 e. The Hall–Kier alpha value is -1.32. The fourth-order valence-corrected chi connectivity index (χ4v) is 0.706. The van der Waals surface area contributed by atoms with Crippen molar-refractivity contribution in [3.05, 3.63) is 11.1 Å². The van der Waals surface area contributed by atoms with Gasteiger partial charge >= 0.3 is 11.9 Å². The van der Waals surface area contributed by atoms with Gasteiger partial charge in [-0.15, -0.1) is 0 Å². The summed E-state index contributed by atoms with van der Waals surface area (Å²) < 4.78 is 0. The van der Waals surface area contributed by atoms with Crippen LogP contribution in [0.1, 0.15) is 20.3 Å². The van der Waals surface area contributed by atoms with E-state index in [0.717, 1.165) is 0 Å². The molecule has 2 N–H and O–H groups in total. The molecule has 0 unspecified atom stereocenters. The summed E-state index contributed by atoms with van der Waals surface area (Å²) in [6.45, 7) is 2.89. The highest BCUT2D eigenvalue weighted by atomic mass is 16.4. The van der Waals surface area contributed by atoms with Crippen molar-refractivity contribution in [1.82, 2.24) is 0 Å². The van der Waals surface area contributed by atoms with Crippen molar-refractivity contribution in [2.45, 2.75) is 20.3 Å². The minimum atomic E-state index is -1.18. The summed E-state index contributed by atoms with van der Waals surface area (Å²) in [5, 5.41) is 16.9. The van der Waals surface area contributed by atoms with Gasteiger partial charge in [0.2, 0.25) is 0 Å². The fourth-order valence-electron chi connectivity index (χ4n) is 0.706. The van der Waals surface area contributed by atoms with Gasteiger partial charge in [-0.05, 0) is 13.3 Å². The first kappa shape index (κ1) is 9.68. The summed E-state index contributed by atoms with van der Waals surface area (Å²) in [7, 11) is 0. The molecule has 0 aliphatic carbocycles. The molecule has 0 radical (unpaired) electrons. The molecule has 4 nitrogen and oxygen atoms in total. The van der Waals surface area contributed by atoms with E-state index in [4.69, 9.17) is 10.2 Å². The maximum Gasteiger partial charge on any atom is 0.332 e. The van der Waals surface area contributed by atoms with Gasteiger partial charge in [0.15, 0.2) is 0 Å². The third kappa shape index (κ3) is 2.41. The summed E-state index contributed by atoms with van der Waals surface area (Å²) in [6.07, 6.45) is 0.230. The van der Waals surface area contributed by atoms with Crippen molar-refractivity contribution in [2.24, 2.45) is 0 Å². The monoisotopic (exact) mass is 158 g/mol. The van der Waals surface area contributed by atoms with Crippen LogP contribution in [0.4, 0.5) is 0 Å². The van der Waals surface area contributed by atoms with Gasteiger partial charge in [-0.2, -0.15) is 0 Å².